The summed E-state index contributed by atoms with van der Waals surface area (Å²) in [6, 6.07) is 0. The van der Waals surface area contributed by atoms with Crippen molar-refractivity contribution >= 4 is 30.7 Å². The Labute approximate surface area is 183 Å². The average Bonchev–Trinajstić information content (AvgIpc) is 2.64. The summed E-state index contributed by atoms with van der Waals surface area (Å²) < 4.78 is 37.5. The van der Waals surface area contributed by atoms with Gasteiger partial charge in [-0.05, 0) is 40.7 Å². The van der Waals surface area contributed by atoms with E-state index < -0.39 is 35.8 Å². The Morgan fingerprint density at radius 3 is 2.23 bits per heavy atom. The number of carbonyl (C=O) groups excluding carboxylic acids is 3. The van der Waals surface area contributed by atoms with E-state index in [1.165, 1.54) is 13.8 Å². The number of rotatable bonds is 15. The fourth-order valence-corrected chi connectivity index (χ4v) is 2.41. The van der Waals surface area contributed by atoms with E-state index in [4.69, 9.17) is 18.9 Å². The summed E-state index contributed by atoms with van der Waals surface area (Å²) in [7, 11) is 0. The van der Waals surface area contributed by atoms with E-state index in [9.17, 15) is 18.8 Å². The van der Waals surface area contributed by atoms with Crippen LogP contribution in [0.15, 0.2) is 11.8 Å². The topological polar surface area (TPSA) is 100 Å². The number of hydrogen-bond acceptors (Lipinski definition) is 9. The molecule has 10 heteroatoms. The molecule has 0 aromatic heterocycles. The van der Waals surface area contributed by atoms with Crippen LogP contribution in [0.1, 0.15) is 60.3 Å². The molecule has 2 atom stereocenters. The van der Waals surface area contributed by atoms with Crippen LogP contribution in [0.5, 0.6) is 0 Å². The van der Waals surface area contributed by atoms with Crippen molar-refractivity contribution in [3.05, 3.63) is 11.8 Å². The highest BCUT2D eigenvalue weighted by Gasteiger charge is 2.35. The van der Waals surface area contributed by atoms with Crippen LogP contribution in [0.3, 0.4) is 0 Å². The van der Waals surface area contributed by atoms with Crippen LogP contribution in [0.2, 0.25) is 0 Å². The van der Waals surface area contributed by atoms with E-state index >= 15 is 0 Å². The van der Waals surface area contributed by atoms with Crippen LogP contribution in [0.4, 0.5) is 4.39 Å². The van der Waals surface area contributed by atoms with Gasteiger partial charge in [0, 0.05) is 13.0 Å². The first kappa shape index (κ1) is 28.2. The fraction of sp³-hybridized carbons (Fsp3) is 0.750. The minimum absolute atomic E-state index is 0.0476. The van der Waals surface area contributed by atoms with Gasteiger partial charge in [-0.2, -0.15) is 0 Å². The standard InChI is InChI=1S/C20H34FNO7S/c1-6-15(28-14(3)12-18(24)27-11-10-22-30)8-9-17(23)29-16(20(4,5)21)13-19(25)26-7-2/h6,14,16,22,30H,7-13H2,1-5H3/b15-6+. The Hall–Kier alpha value is -1.81. The second-order valence-corrected chi connectivity index (χ2v) is 7.38. The Kier molecular flexibility index (Phi) is 14.2. The van der Waals surface area contributed by atoms with Gasteiger partial charge in [0.2, 0.25) is 0 Å². The minimum atomic E-state index is -1.90. The van der Waals surface area contributed by atoms with Gasteiger partial charge in [0.1, 0.15) is 24.5 Å². The summed E-state index contributed by atoms with van der Waals surface area (Å²) in [5.41, 5.74) is -1.90. The summed E-state index contributed by atoms with van der Waals surface area (Å²) in [4.78, 5) is 35.5. The van der Waals surface area contributed by atoms with Gasteiger partial charge >= 0.3 is 17.9 Å². The lowest BCUT2D eigenvalue weighted by atomic mass is 10.0. The second-order valence-electron chi connectivity index (χ2n) is 7.07. The van der Waals surface area contributed by atoms with Gasteiger partial charge in [0.15, 0.2) is 0 Å². The number of alkyl halides is 1. The van der Waals surface area contributed by atoms with Gasteiger partial charge < -0.3 is 18.9 Å². The molecule has 0 saturated carbocycles. The van der Waals surface area contributed by atoms with Crippen LogP contribution in [-0.2, 0) is 33.3 Å². The molecule has 0 aromatic carbocycles. The quantitative estimate of drug-likeness (QED) is 0.129. The number of halogens is 1. The van der Waals surface area contributed by atoms with Crippen molar-refractivity contribution < 1.29 is 37.7 Å². The second kappa shape index (κ2) is 15.1. The molecule has 30 heavy (non-hydrogen) atoms. The summed E-state index contributed by atoms with van der Waals surface area (Å²) >= 11 is 3.80. The smallest absolute Gasteiger partial charge is 0.309 e. The molecule has 0 radical (unpaired) electrons. The molecular formula is C20H34FNO7S. The first-order chi connectivity index (χ1) is 14.0. The molecule has 0 aromatic rings. The maximum Gasteiger partial charge on any atom is 0.309 e. The lowest BCUT2D eigenvalue weighted by molar-refractivity contribution is -0.163. The van der Waals surface area contributed by atoms with Crippen molar-refractivity contribution in [3.8, 4) is 0 Å². The zero-order chi connectivity index (χ0) is 23.2. The summed E-state index contributed by atoms with van der Waals surface area (Å²) in [6.07, 6.45) is -0.208. The van der Waals surface area contributed by atoms with Gasteiger partial charge in [-0.3, -0.25) is 19.1 Å². The maximum atomic E-state index is 14.3. The van der Waals surface area contributed by atoms with Crippen LogP contribution >= 0.6 is 12.8 Å². The Bertz CT molecular complexity index is 578. The molecule has 0 spiro atoms. The molecule has 0 aliphatic rings. The lowest BCUT2D eigenvalue weighted by Gasteiger charge is -2.26. The number of nitrogens with one attached hydrogen (secondary N) is 1. The van der Waals surface area contributed by atoms with E-state index in [0.717, 1.165) is 0 Å². The van der Waals surface area contributed by atoms with Crippen molar-refractivity contribution in [2.75, 3.05) is 19.8 Å². The van der Waals surface area contributed by atoms with Gasteiger partial charge in [-0.25, -0.2) is 4.39 Å². The predicted molar refractivity (Wildman–Crippen MR) is 112 cm³/mol. The highest BCUT2D eigenvalue weighted by atomic mass is 32.1. The molecule has 0 aliphatic heterocycles. The zero-order valence-corrected chi connectivity index (χ0v) is 19.3. The van der Waals surface area contributed by atoms with Crippen LogP contribution < -0.4 is 4.72 Å². The van der Waals surface area contributed by atoms with Crippen LogP contribution in [-0.4, -0.2) is 55.5 Å². The molecule has 2 unspecified atom stereocenters. The molecule has 0 fully saturated rings. The highest BCUT2D eigenvalue weighted by Crippen LogP contribution is 2.23. The number of esters is 3. The van der Waals surface area contributed by atoms with Gasteiger partial charge in [-0.1, -0.05) is 12.8 Å². The number of allylic oxidation sites excluding steroid dienone is 2. The van der Waals surface area contributed by atoms with E-state index in [-0.39, 0.29) is 38.9 Å². The zero-order valence-electron chi connectivity index (χ0n) is 18.4. The number of carbonyl (C=O) groups is 3. The van der Waals surface area contributed by atoms with Crippen LogP contribution in [0, 0.1) is 0 Å². The summed E-state index contributed by atoms with van der Waals surface area (Å²) in [5.74, 6) is -1.22. The molecule has 0 rings (SSSR count). The number of ether oxygens (including phenoxy) is 4. The van der Waals surface area contributed by atoms with Gasteiger partial charge in [-0.15, -0.1) is 0 Å². The average molecular weight is 452 g/mol. The number of thiol groups is 1. The van der Waals surface area contributed by atoms with Crippen molar-refractivity contribution in [1.82, 2.24) is 4.72 Å². The monoisotopic (exact) mass is 451 g/mol. The first-order valence-corrected chi connectivity index (χ1v) is 10.4. The Balaban J connectivity index is 4.55. The van der Waals surface area contributed by atoms with Crippen molar-refractivity contribution in [2.45, 2.75) is 78.2 Å². The van der Waals surface area contributed by atoms with Crippen molar-refractivity contribution in [1.29, 1.82) is 0 Å². The van der Waals surface area contributed by atoms with Gasteiger partial charge in [0.25, 0.3) is 0 Å². The van der Waals surface area contributed by atoms with E-state index in [2.05, 4.69) is 17.5 Å². The molecule has 0 bridgehead atoms. The largest absolute Gasteiger partial charge is 0.495 e. The highest BCUT2D eigenvalue weighted by molar-refractivity contribution is 7.78. The molecule has 174 valence electrons. The molecule has 8 nitrogen and oxygen atoms in total. The van der Waals surface area contributed by atoms with Crippen molar-refractivity contribution in [3.63, 3.8) is 0 Å². The van der Waals surface area contributed by atoms with E-state index in [1.807, 2.05) is 0 Å². The molecule has 0 amide bonds. The van der Waals surface area contributed by atoms with Crippen molar-refractivity contribution in [2.24, 2.45) is 0 Å². The molecular weight excluding hydrogens is 417 g/mol. The minimum Gasteiger partial charge on any atom is -0.495 e. The first-order valence-electron chi connectivity index (χ1n) is 9.91. The third-order valence-electron chi connectivity index (χ3n) is 3.88. The third kappa shape index (κ3) is 13.4. The third-order valence-corrected chi connectivity index (χ3v) is 4.10. The normalized spacial score (nSPS) is 13.9. The Morgan fingerprint density at radius 2 is 1.70 bits per heavy atom. The summed E-state index contributed by atoms with van der Waals surface area (Å²) in [6.45, 7) is 8.34. The van der Waals surface area contributed by atoms with E-state index in [1.54, 1.807) is 26.8 Å². The maximum absolute atomic E-state index is 14.3. The molecule has 0 aliphatic carbocycles. The fourth-order valence-electron chi connectivity index (χ4n) is 2.31. The SMILES string of the molecule is C/C=C(\CCC(=O)OC(CC(=O)OCC)C(C)(C)F)OC(C)CC(=O)OCCNS. The predicted octanol–water partition coefficient (Wildman–Crippen LogP) is 3.06. The van der Waals surface area contributed by atoms with E-state index in [0.29, 0.717) is 12.3 Å². The summed E-state index contributed by atoms with van der Waals surface area (Å²) in [5, 5.41) is 0. The Morgan fingerprint density at radius 1 is 1.07 bits per heavy atom. The van der Waals surface area contributed by atoms with Gasteiger partial charge in [0.05, 0.1) is 31.6 Å². The molecule has 1 N–H and O–H groups in total. The lowest BCUT2D eigenvalue weighted by Crippen LogP contribution is -2.38. The number of hydrogen-bond donors (Lipinski definition) is 2. The molecule has 0 saturated heterocycles. The molecule has 0 heterocycles. The van der Waals surface area contributed by atoms with Crippen LogP contribution in [0.25, 0.3) is 0 Å².